The van der Waals surface area contributed by atoms with E-state index in [9.17, 15) is 9.59 Å². The van der Waals surface area contributed by atoms with Crippen molar-refractivity contribution in [2.24, 2.45) is 0 Å². The zero-order chi connectivity index (χ0) is 22.1. The van der Waals surface area contributed by atoms with Gasteiger partial charge in [0.25, 0.3) is 5.91 Å². The van der Waals surface area contributed by atoms with Crippen LogP contribution in [0.15, 0.2) is 83.8 Å². The van der Waals surface area contributed by atoms with Crippen molar-refractivity contribution >= 4 is 29.4 Å². The number of anilines is 1. The molecule has 3 rings (SSSR count). The van der Waals surface area contributed by atoms with Crippen LogP contribution in [0.25, 0.3) is 0 Å². The van der Waals surface area contributed by atoms with Crippen LogP contribution in [0.1, 0.15) is 10.8 Å². The highest BCUT2D eigenvalue weighted by Crippen LogP contribution is 2.35. The topological polar surface area (TPSA) is 88.7 Å². The number of hydrogen-bond acceptors (Lipinski definition) is 5. The lowest BCUT2D eigenvalue weighted by Gasteiger charge is -2.18. The van der Waals surface area contributed by atoms with Crippen molar-refractivity contribution in [3.63, 3.8) is 0 Å². The van der Waals surface area contributed by atoms with Crippen molar-refractivity contribution in [3.8, 4) is 11.5 Å². The van der Waals surface area contributed by atoms with Gasteiger partial charge in [-0.2, -0.15) is 0 Å². The van der Waals surface area contributed by atoms with Gasteiger partial charge in [-0.1, -0.05) is 48.5 Å². The van der Waals surface area contributed by atoms with Gasteiger partial charge in [0.15, 0.2) is 0 Å². The standard InChI is InChI=1S/C23H23N3O4S/c1-29-17-13-14-19(20(15-17)30-2)24-23(28)26-25-22(27)21(16-9-5-3-6-10-16)31-18-11-7-4-8-12-18/h3-15,21H,1-2H3,(H,25,27)(H2,24,26,28)/t21-/m1/s1. The molecule has 0 aromatic heterocycles. The smallest absolute Gasteiger partial charge is 0.338 e. The largest absolute Gasteiger partial charge is 0.497 e. The van der Waals surface area contributed by atoms with Gasteiger partial charge in [0.2, 0.25) is 0 Å². The molecule has 0 aliphatic carbocycles. The fraction of sp³-hybridized carbons (Fsp3) is 0.130. The van der Waals surface area contributed by atoms with E-state index in [4.69, 9.17) is 9.47 Å². The zero-order valence-corrected chi connectivity index (χ0v) is 17.9. The van der Waals surface area contributed by atoms with Crippen LogP contribution in [-0.4, -0.2) is 26.2 Å². The fourth-order valence-electron chi connectivity index (χ4n) is 2.78. The molecule has 0 saturated carbocycles. The predicted molar refractivity (Wildman–Crippen MR) is 121 cm³/mol. The number of hydrogen-bond donors (Lipinski definition) is 3. The second-order valence-corrected chi connectivity index (χ2v) is 7.53. The number of thioether (sulfide) groups is 1. The molecule has 0 aliphatic rings. The molecule has 0 radical (unpaired) electrons. The third-order valence-corrected chi connectivity index (χ3v) is 5.56. The number of rotatable bonds is 7. The van der Waals surface area contributed by atoms with E-state index in [0.29, 0.717) is 17.2 Å². The van der Waals surface area contributed by atoms with E-state index in [-0.39, 0.29) is 5.91 Å². The summed E-state index contributed by atoms with van der Waals surface area (Å²) < 4.78 is 10.4. The number of nitrogens with one attached hydrogen (secondary N) is 3. The summed E-state index contributed by atoms with van der Waals surface area (Å²) in [6.45, 7) is 0. The summed E-state index contributed by atoms with van der Waals surface area (Å²) in [4.78, 5) is 26.2. The summed E-state index contributed by atoms with van der Waals surface area (Å²) in [5, 5.41) is 2.10. The second-order valence-electron chi connectivity index (χ2n) is 6.36. The third kappa shape index (κ3) is 6.16. The normalized spacial score (nSPS) is 11.2. The Morgan fingerprint density at radius 3 is 2.16 bits per heavy atom. The third-order valence-electron chi connectivity index (χ3n) is 4.29. The monoisotopic (exact) mass is 437 g/mol. The van der Waals surface area contributed by atoms with Gasteiger partial charge in [-0.3, -0.25) is 10.2 Å². The van der Waals surface area contributed by atoms with Crippen LogP contribution in [-0.2, 0) is 4.79 Å². The molecule has 0 fully saturated rings. The SMILES string of the molecule is COc1ccc(NC(=O)NNC(=O)[C@H](Sc2ccccc2)c2ccccc2)c(OC)c1. The van der Waals surface area contributed by atoms with Crippen LogP contribution in [0, 0.1) is 0 Å². The molecule has 3 amide bonds. The molecule has 8 heteroatoms. The molecule has 7 nitrogen and oxygen atoms in total. The molecule has 3 aromatic carbocycles. The Morgan fingerprint density at radius 2 is 1.52 bits per heavy atom. The van der Waals surface area contributed by atoms with Crippen LogP contribution < -0.4 is 25.6 Å². The van der Waals surface area contributed by atoms with Crippen molar-refractivity contribution < 1.29 is 19.1 Å². The summed E-state index contributed by atoms with van der Waals surface area (Å²) in [5.74, 6) is 0.680. The highest BCUT2D eigenvalue weighted by molar-refractivity contribution is 8.00. The number of methoxy groups -OCH3 is 2. The van der Waals surface area contributed by atoms with Gasteiger partial charge in [0.1, 0.15) is 16.7 Å². The van der Waals surface area contributed by atoms with Crippen molar-refractivity contribution in [2.45, 2.75) is 10.1 Å². The number of hydrazine groups is 1. The lowest BCUT2D eigenvalue weighted by molar-refractivity contribution is -0.121. The molecule has 0 unspecified atom stereocenters. The minimum absolute atomic E-state index is 0.350. The van der Waals surface area contributed by atoms with Crippen LogP contribution in [0.5, 0.6) is 11.5 Å². The van der Waals surface area contributed by atoms with E-state index in [1.54, 1.807) is 25.3 Å². The van der Waals surface area contributed by atoms with Gasteiger partial charge in [-0.05, 0) is 29.8 Å². The van der Waals surface area contributed by atoms with Crippen molar-refractivity contribution in [3.05, 3.63) is 84.4 Å². The molecule has 3 aromatic rings. The van der Waals surface area contributed by atoms with E-state index >= 15 is 0 Å². The van der Waals surface area contributed by atoms with Crippen molar-refractivity contribution in [1.82, 2.24) is 10.9 Å². The minimum Gasteiger partial charge on any atom is -0.497 e. The first-order valence-corrected chi connectivity index (χ1v) is 10.3. The van der Waals surface area contributed by atoms with Crippen LogP contribution in [0.3, 0.4) is 0 Å². The molecular weight excluding hydrogens is 414 g/mol. The average Bonchev–Trinajstić information content (AvgIpc) is 2.82. The molecule has 0 aliphatic heterocycles. The first-order chi connectivity index (χ1) is 15.1. The second kappa shape index (κ2) is 10.9. The molecule has 0 bridgehead atoms. The fourth-order valence-corrected chi connectivity index (χ4v) is 3.82. The summed E-state index contributed by atoms with van der Waals surface area (Å²) >= 11 is 1.40. The van der Waals surface area contributed by atoms with E-state index < -0.39 is 11.3 Å². The summed E-state index contributed by atoms with van der Waals surface area (Å²) in [6.07, 6.45) is 0. The van der Waals surface area contributed by atoms with E-state index in [1.165, 1.54) is 18.9 Å². The number of carbonyl (C=O) groups excluding carboxylic acids is 2. The predicted octanol–water partition coefficient (Wildman–Crippen LogP) is 4.39. The van der Waals surface area contributed by atoms with Crippen LogP contribution >= 0.6 is 11.8 Å². The van der Waals surface area contributed by atoms with E-state index in [2.05, 4.69) is 16.2 Å². The highest BCUT2D eigenvalue weighted by Gasteiger charge is 2.22. The molecule has 0 heterocycles. The first kappa shape index (κ1) is 22.0. The molecule has 0 spiro atoms. The Balaban J connectivity index is 1.66. The van der Waals surface area contributed by atoms with Crippen LogP contribution in [0.4, 0.5) is 10.5 Å². The number of carbonyl (C=O) groups is 2. The summed E-state index contributed by atoms with van der Waals surface area (Å²) in [5.41, 5.74) is 6.16. The maximum absolute atomic E-state index is 12.9. The lowest BCUT2D eigenvalue weighted by atomic mass is 10.1. The molecule has 0 saturated heterocycles. The molecule has 3 N–H and O–H groups in total. The maximum Gasteiger partial charge on any atom is 0.338 e. The average molecular weight is 438 g/mol. The van der Waals surface area contributed by atoms with Gasteiger partial charge in [-0.25, -0.2) is 10.2 Å². The molecule has 31 heavy (non-hydrogen) atoms. The van der Waals surface area contributed by atoms with Crippen LogP contribution in [0.2, 0.25) is 0 Å². The Kier molecular flexibility index (Phi) is 7.78. The first-order valence-electron chi connectivity index (χ1n) is 9.46. The lowest BCUT2D eigenvalue weighted by Crippen LogP contribution is -2.45. The number of ether oxygens (including phenoxy) is 2. The minimum atomic E-state index is -0.603. The van der Waals surface area contributed by atoms with Gasteiger partial charge >= 0.3 is 6.03 Å². The Labute approximate surface area is 185 Å². The molecule has 160 valence electrons. The molecular formula is C23H23N3O4S. The molecule has 1 atom stereocenters. The quantitative estimate of drug-likeness (QED) is 0.377. The van der Waals surface area contributed by atoms with Gasteiger partial charge < -0.3 is 14.8 Å². The summed E-state index contributed by atoms with van der Waals surface area (Å²) in [7, 11) is 3.03. The Morgan fingerprint density at radius 1 is 0.839 bits per heavy atom. The zero-order valence-electron chi connectivity index (χ0n) is 17.1. The summed E-state index contributed by atoms with van der Waals surface area (Å²) in [6, 6.07) is 23.4. The van der Waals surface area contributed by atoms with E-state index in [1.807, 2.05) is 60.7 Å². The number of urea groups is 1. The number of benzene rings is 3. The van der Waals surface area contributed by atoms with E-state index in [0.717, 1.165) is 10.5 Å². The van der Waals surface area contributed by atoms with Crippen molar-refractivity contribution in [1.29, 1.82) is 0 Å². The van der Waals surface area contributed by atoms with Gasteiger partial charge in [0, 0.05) is 11.0 Å². The maximum atomic E-state index is 12.9. The van der Waals surface area contributed by atoms with Crippen molar-refractivity contribution in [2.75, 3.05) is 19.5 Å². The number of amides is 3. The van der Waals surface area contributed by atoms with Gasteiger partial charge in [0.05, 0.1) is 19.9 Å². The Hall–Kier alpha value is -3.65. The van der Waals surface area contributed by atoms with Gasteiger partial charge in [-0.15, -0.1) is 11.8 Å². The highest BCUT2D eigenvalue weighted by atomic mass is 32.2. The Bertz CT molecular complexity index is 1020.